The Hall–Kier alpha value is -1.60. The first-order chi connectivity index (χ1) is 8.99. The maximum atomic E-state index is 11.9. The van der Waals surface area contributed by atoms with Gasteiger partial charge in [0.25, 0.3) is 11.1 Å². The maximum absolute atomic E-state index is 11.9. The molecule has 1 aliphatic heterocycles. The van der Waals surface area contributed by atoms with Crippen LogP contribution >= 0.6 is 27.7 Å². The second-order valence-electron chi connectivity index (χ2n) is 3.68. The predicted octanol–water partition coefficient (Wildman–Crippen LogP) is 2.57. The van der Waals surface area contributed by atoms with E-state index >= 15 is 0 Å². The van der Waals surface area contributed by atoms with Crippen molar-refractivity contribution in [3.8, 4) is 0 Å². The normalized spacial score (nSPS) is 17.3. The number of hydrogen-bond donors (Lipinski definition) is 1. The van der Waals surface area contributed by atoms with E-state index in [1.54, 1.807) is 18.2 Å². The first-order valence-electron chi connectivity index (χ1n) is 5.20. The Morgan fingerprint density at radius 1 is 1.37 bits per heavy atom. The van der Waals surface area contributed by atoms with Crippen molar-refractivity contribution in [3.05, 3.63) is 39.2 Å². The third-order valence-electron chi connectivity index (χ3n) is 2.36. The van der Waals surface area contributed by atoms with Gasteiger partial charge in [-0.2, -0.15) is 0 Å². The van der Waals surface area contributed by atoms with Crippen molar-refractivity contribution >= 4 is 50.9 Å². The molecule has 0 aromatic heterocycles. The van der Waals surface area contributed by atoms with E-state index in [1.807, 2.05) is 12.1 Å². The molecule has 0 unspecified atom stereocenters. The summed E-state index contributed by atoms with van der Waals surface area (Å²) in [5.74, 6) is -1.79. The van der Waals surface area contributed by atoms with Crippen LogP contribution in [0.1, 0.15) is 5.56 Å². The number of nitrogens with zero attached hydrogens (tertiary/aromatic N) is 1. The topological polar surface area (TPSA) is 74.7 Å². The minimum atomic E-state index is -1.22. The largest absolute Gasteiger partial charge is 0.480 e. The number of halogens is 1. The monoisotopic (exact) mass is 341 g/mol. The van der Waals surface area contributed by atoms with E-state index < -0.39 is 23.7 Å². The molecule has 19 heavy (non-hydrogen) atoms. The van der Waals surface area contributed by atoms with E-state index in [-0.39, 0.29) is 4.91 Å². The molecule has 1 saturated heterocycles. The van der Waals surface area contributed by atoms with Gasteiger partial charge in [0, 0.05) is 4.47 Å². The molecule has 98 valence electrons. The van der Waals surface area contributed by atoms with Gasteiger partial charge in [0.2, 0.25) is 0 Å². The number of rotatable bonds is 3. The Morgan fingerprint density at radius 2 is 2.05 bits per heavy atom. The lowest BCUT2D eigenvalue weighted by atomic mass is 10.2. The highest BCUT2D eigenvalue weighted by Crippen LogP contribution is 2.33. The lowest BCUT2D eigenvalue weighted by molar-refractivity contribution is -0.140. The number of benzene rings is 1. The van der Waals surface area contributed by atoms with E-state index in [2.05, 4.69) is 15.9 Å². The van der Waals surface area contributed by atoms with E-state index in [0.717, 1.165) is 26.7 Å². The quantitative estimate of drug-likeness (QED) is 0.855. The molecule has 0 aliphatic carbocycles. The molecule has 1 fully saturated rings. The summed E-state index contributed by atoms with van der Waals surface area (Å²) in [6.07, 6.45) is 1.57. The molecule has 0 bridgehead atoms. The molecule has 2 amide bonds. The number of carboxylic acid groups (broad SMARTS) is 1. The second-order valence-corrected chi connectivity index (χ2v) is 5.53. The van der Waals surface area contributed by atoms with Gasteiger partial charge in [0.05, 0.1) is 4.91 Å². The van der Waals surface area contributed by atoms with Crippen molar-refractivity contribution in [2.45, 2.75) is 0 Å². The van der Waals surface area contributed by atoms with Gasteiger partial charge in [-0.25, -0.2) is 0 Å². The van der Waals surface area contributed by atoms with Crippen LogP contribution in [0, 0.1) is 0 Å². The second kappa shape index (κ2) is 5.58. The zero-order valence-electron chi connectivity index (χ0n) is 9.50. The number of carbonyl (C=O) groups is 3. The molecule has 1 aliphatic rings. The number of imide groups is 1. The van der Waals surface area contributed by atoms with E-state index in [9.17, 15) is 14.4 Å². The Kier molecular flexibility index (Phi) is 4.06. The molecule has 1 aromatic carbocycles. The Balaban J connectivity index is 2.28. The molecule has 1 N–H and O–H groups in total. The molecule has 1 aromatic rings. The van der Waals surface area contributed by atoms with E-state index in [0.29, 0.717) is 0 Å². The highest BCUT2D eigenvalue weighted by molar-refractivity contribution is 9.10. The minimum Gasteiger partial charge on any atom is -0.480 e. The molecular weight excluding hydrogens is 334 g/mol. The fourth-order valence-corrected chi connectivity index (χ4v) is 2.73. The lowest BCUT2D eigenvalue weighted by Gasteiger charge is -2.07. The van der Waals surface area contributed by atoms with Crippen LogP contribution in [-0.4, -0.2) is 33.7 Å². The molecular formula is C12H8BrNO4S. The Morgan fingerprint density at radius 3 is 2.68 bits per heavy atom. The number of amides is 2. The minimum absolute atomic E-state index is 0.221. The van der Waals surface area contributed by atoms with Crippen LogP contribution in [0.2, 0.25) is 0 Å². The van der Waals surface area contributed by atoms with Gasteiger partial charge < -0.3 is 5.11 Å². The van der Waals surface area contributed by atoms with Crippen LogP contribution in [0.3, 0.4) is 0 Å². The van der Waals surface area contributed by atoms with Gasteiger partial charge in [-0.05, 0) is 29.5 Å². The first kappa shape index (κ1) is 13.8. The Labute approximate surface area is 121 Å². The molecule has 0 radical (unpaired) electrons. The average Bonchev–Trinajstić information content (AvgIpc) is 2.60. The van der Waals surface area contributed by atoms with Crippen molar-refractivity contribution in [2.24, 2.45) is 0 Å². The Bertz CT molecular complexity index is 599. The van der Waals surface area contributed by atoms with Crippen LogP contribution in [0.25, 0.3) is 6.08 Å². The van der Waals surface area contributed by atoms with Crippen molar-refractivity contribution in [1.82, 2.24) is 4.90 Å². The van der Waals surface area contributed by atoms with Crippen molar-refractivity contribution in [2.75, 3.05) is 6.54 Å². The first-order valence-corrected chi connectivity index (χ1v) is 6.81. The molecule has 0 spiro atoms. The lowest BCUT2D eigenvalue weighted by Crippen LogP contribution is -2.33. The molecule has 5 nitrogen and oxygen atoms in total. The third-order valence-corrected chi connectivity index (χ3v) is 3.99. The number of aliphatic carboxylic acids is 1. The summed E-state index contributed by atoms with van der Waals surface area (Å²) in [5, 5.41) is 8.08. The molecule has 0 atom stereocenters. The fourth-order valence-electron chi connectivity index (χ4n) is 1.50. The number of carbonyl (C=O) groups excluding carboxylic acids is 2. The third kappa shape index (κ3) is 3.05. The summed E-state index contributed by atoms with van der Waals surface area (Å²) in [5.41, 5.74) is 0.753. The van der Waals surface area contributed by atoms with E-state index in [1.165, 1.54) is 0 Å². The SMILES string of the molecule is O=C(O)CN1C(=O)S/C(=C\c2ccccc2Br)C1=O. The van der Waals surface area contributed by atoms with Crippen LogP contribution in [-0.2, 0) is 9.59 Å². The van der Waals surface area contributed by atoms with Crippen molar-refractivity contribution in [1.29, 1.82) is 0 Å². The van der Waals surface area contributed by atoms with Gasteiger partial charge in [0.1, 0.15) is 6.54 Å². The summed E-state index contributed by atoms with van der Waals surface area (Å²) in [7, 11) is 0. The summed E-state index contributed by atoms with van der Waals surface area (Å²) in [6.45, 7) is -0.613. The van der Waals surface area contributed by atoms with Crippen LogP contribution in [0.5, 0.6) is 0 Å². The molecule has 1 heterocycles. The van der Waals surface area contributed by atoms with E-state index in [4.69, 9.17) is 5.11 Å². The summed E-state index contributed by atoms with van der Waals surface area (Å²) in [4.78, 5) is 35.0. The van der Waals surface area contributed by atoms with Crippen molar-refractivity contribution < 1.29 is 19.5 Å². The highest BCUT2D eigenvalue weighted by Gasteiger charge is 2.36. The molecule has 2 rings (SSSR count). The average molecular weight is 342 g/mol. The van der Waals surface area contributed by atoms with Crippen molar-refractivity contribution in [3.63, 3.8) is 0 Å². The standard InChI is InChI=1S/C12H8BrNO4S/c13-8-4-2-1-3-7(8)5-9-11(17)14(6-10(15)16)12(18)19-9/h1-5H,6H2,(H,15,16)/b9-5-. The van der Waals surface area contributed by atoms with Crippen LogP contribution in [0.4, 0.5) is 4.79 Å². The highest BCUT2D eigenvalue weighted by atomic mass is 79.9. The molecule has 7 heteroatoms. The van der Waals surface area contributed by atoms with Crippen LogP contribution in [0.15, 0.2) is 33.6 Å². The van der Waals surface area contributed by atoms with Gasteiger partial charge in [0.15, 0.2) is 0 Å². The smallest absolute Gasteiger partial charge is 0.323 e. The maximum Gasteiger partial charge on any atom is 0.323 e. The summed E-state index contributed by atoms with van der Waals surface area (Å²) >= 11 is 4.08. The summed E-state index contributed by atoms with van der Waals surface area (Å²) < 4.78 is 0.792. The van der Waals surface area contributed by atoms with Gasteiger partial charge >= 0.3 is 5.97 Å². The summed E-state index contributed by atoms with van der Waals surface area (Å²) in [6, 6.07) is 7.23. The van der Waals surface area contributed by atoms with Gasteiger partial charge in [-0.1, -0.05) is 34.1 Å². The zero-order chi connectivity index (χ0) is 14.0. The van der Waals surface area contributed by atoms with Gasteiger partial charge in [-0.15, -0.1) is 0 Å². The van der Waals surface area contributed by atoms with Crippen LogP contribution < -0.4 is 0 Å². The molecule has 0 saturated carbocycles. The number of carboxylic acids is 1. The number of hydrogen-bond acceptors (Lipinski definition) is 4. The van der Waals surface area contributed by atoms with Gasteiger partial charge in [-0.3, -0.25) is 19.3 Å². The fraction of sp³-hybridized carbons (Fsp3) is 0.0833. The zero-order valence-corrected chi connectivity index (χ0v) is 11.9. The predicted molar refractivity (Wildman–Crippen MR) is 74.5 cm³/mol. The number of thioether (sulfide) groups is 1.